The van der Waals surface area contributed by atoms with Crippen molar-refractivity contribution in [2.75, 3.05) is 33.5 Å². The molecule has 0 amide bonds. The maximum Gasteiger partial charge on any atom is 0.137 e. The summed E-state index contributed by atoms with van der Waals surface area (Å²) in [6, 6.07) is 2.13. The van der Waals surface area contributed by atoms with E-state index in [4.69, 9.17) is 14.2 Å². The zero-order valence-corrected chi connectivity index (χ0v) is 13.2. The molecule has 1 saturated heterocycles. The molecule has 2 rings (SSSR count). The van der Waals surface area contributed by atoms with Crippen LogP contribution < -0.4 is 10.1 Å². The molecular weight excluding hydrogens is 268 g/mol. The fourth-order valence-corrected chi connectivity index (χ4v) is 3.09. The van der Waals surface area contributed by atoms with Crippen LogP contribution in [0.1, 0.15) is 38.3 Å². The number of nitrogens with one attached hydrogen (secondary N) is 1. The Morgan fingerprint density at radius 1 is 1.29 bits per heavy atom. The maximum absolute atomic E-state index is 6.17. The van der Waals surface area contributed by atoms with Gasteiger partial charge in [-0.3, -0.25) is 4.98 Å². The normalized spacial score (nSPS) is 19.2. The van der Waals surface area contributed by atoms with E-state index in [2.05, 4.69) is 10.3 Å². The van der Waals surface area contributed by atoms with Crippen molar-refractivity contribution in [3.63, 3.8) is 0 Å². The average Bonchev–Trinajstić information content (AvgIpc) is 2.50. The van der Waals surface area contributed by atoms with Crippen molar-refractivity contribution < 1.29 is 14.2 Å². The summed E-state index contributed by atoms with van der Waals surface area (Å²) < 4.78 is 17.2. The zero-order valence-electron chi connectivity index (χ0n) is 13.2. The molecule has 1 aliphatic heterocycles. The largest absolute Gasteiger partial charge is 0.492 e. The Hall–Kier alpha value is -1.17. The summed E-state index contributed by atoms with van der Waals surface area (Å²) in [4.78, 5) is 4.31. The Kier molecular flexibility index (Phi) is 5.96. The van der Waals surface area contributed by atoms with Gasteiger partial charge in [-0.25, -0.2) is 0 Å². The van der Waals surface area contributed by atoms with Gasteiger partial charge in [0, 0.05) is 38.9 Å². The van der Waals surface area contributed by atoms with Gasteiger partial charge in [0.1, 0.15) is 5.75 Å². The van der Waals surface area contributed by atoms with E-state index in [1.165, 1.54) is 0 Å². The number of pyridine rings is 1. The summed E-state index contributed by atoms with van der Waals surface area (Å²) in [6.07, 6.45) is 5.40. The average molecular weight is 294 g/mol. The van der Waals surface area contributed by atoms with Crippen molar-refractivity contribution >= 4 is 0 Å². The third kappa shape index (κ3) is 3.73. The van der Waals surface area contributed by atoms with Crippen molar-refractivity contribution in [3.8, 4) is 5.75 Å². The van der Waals surface area contributed by atoms with Gasteiger partial charge in [0.05, 0.1) is 24.4 Å². The highest BCUT2D eigenvalue weighted by Gasteiger charge is 2.41. The first kappa shape index (κ1) is 16.2. The van der Waals surface area contributed by atoms with Crippen LogP contribution in [0.2, 0.25) is 0 Å². The quantitative estimate of drug-likeness (QED) is 0.836. The summed E-state index contributed by atoms with van der Waals surface area (Å²) in [5.74, 6) is 0.800. The van der Waals surface area contributed by atoms with Crippen LogP contribution >= 0.6 is 0 Å². The molecular formula is C16H26N2O3. The fourth-order valence-electron chi connectivity index (χ4n) is 3.09. The van der Waals surface area contributed by atoms with E-state index in [0.717, 1.165) is 37.4 Å². The van der Waals surface area contributed by atoms with Crippen molar-refractivity contribution in [1.82, 2.24) is 10.3 Å². The van der Waals surface area contributed by atoms with Crippen molar-refractivity contribution in [1.29, 1.82) is 0 Å². The Labute approximate surface area is 127 Å². The highest BCUT2D eigenvalue weighted by atomic mass is 16.5. The monoisotopic (exact) mass is 294 g/mol. The molecule has 21 heavy (non-hydrogen) atoms. The molecule has 5 heteroatoms. The van der Waals surface area contributed by atoms with Crippen LogP contribution in [0.15, 0.2) is 18.5 Å². The van der Waals surface area contributed by atoms with Gasteiger partial charge in [-0.15, -0.1) is 0 Å². The van der Waals surface area contributed by atoms with Crippen molar-refractivity contribution in [2.24, 2.45) is 0 Å². The van der Waals surface area contributed by atoms with E-state index in [1.807, 2.05) is 33.2 Å². The summed E-state index contributed by atoms with van der Waals surface area (Å²) in [5.41, 5.74) is 0.854. The molecule has 1 aliphatic rings. The summed E-state index contributed by atoms with van der Waals surface area (Å²) >= 11 is 0. The van der Waals surface area contributed by atoms with E-state index in [-0.39, 0.29) is 11.6 Å². The van der Waals surface area contributed by atoms with Crippen LogP contribution in [0.5, 0.6) is 5.75 Å². The second-order valence-corrected chi connectivity index (χ2v) is 5.22. The summed E-state index contributed by atoms with van der Waals surface area (Å²) in [6.45, 7) is 6.81. The van der Waals surface area contributed by atoms with E-state index in [1.54, 1.807) is 6.20 Å². The topological polar surface area (TPSA) is 52.6 Å². The Balaban J connectivity index is 2.29. The van der Waals surface area contributed by atoms with Crippen LogP contribution in [0.3, 0.4) is 0 Å². The highest BCUT2D eigenvalue weighted by Crippen LogP contribution is 2.38. The lowest BCUT2D eigenvalue weighted by atomic mass is 9.82. The predicted molar refractivity (Wildman–Crippen MR) is 81.6 cm³/mol. The standard InChI is InChI=1S/C16H26N2O3/c1-4-20-14-10-13(11-18-12-14)15(17-3)16(21-5-2)6-8-19-9-7-16/h10-12,15,17H,4-9H2,1-3H3. The van der Waals surface area contributed by atoms with Crippen molar-refractivity contribution in [3.05, 3.63) is 24.0 Å². The van der Waals surface area contributed by atoms with Crippen LogP contribution in [0.4, 0.5) is 0 Å². The van der Waals surface area contributed by atoms with Gasteiger partial charge in [-0.2, -0.15) is 0 Å². The molecule has 0 bridgehead atoms. The molecule has 0 aromatic carbocycles. The molecule has 0 aliphatic carbocycles. The lowest BCUT2D eigenvalue weighted by Crippen LogP contribution is -2.49. The number of hydrogen-bond donors (Lipinski definition) is 1. The molecule has 1 fully saturated rings. The molecule has 5 nitrogen and oxygen atoms in total. The molecule has 1 aromatic rings. The molecule has 1 N–H and O–H groups in total. The van der Waals surface area contributed by atoms with Gasteiger partial charge in [0.2, 0.25) is 0 Å². The van der Waals surface area contributed by atoms with Crippen LogP contribution in [0, 0.1) is 0 Å². The fraction of sp³-hybridized carbons (Fsp3) is 0.688. The van der Waals surface area contributed by atoms with Gasteiger partial charge in [0.15, 0.2) is 0 Å². The van der Waals surface area contributed by atoms with Gasteiger partial charge in [0.25, 0.3) is 0 Å². The minimum Gasteiger partial charge on any atom is -0.492 e. The lowest BCUT2D eigenvalue weighted by molar-refractivity contribution is -0.127. The third-order valence-electron chi connectivity index (χ3n) is 3.96. The van der Waals surface area contributed by atoms with E-state index in [0.29, 0.717) is 13.2 Å². The number of likely N-dealkylation sites (N-methyl/N-ethyl adjacent to an activating group) is 1. The smallest absolute Gasteiger partial charge is 0.137 e. The van der Waals surface area contributed by atoms with Crippen LogP contribution in [0.25, 0.3) is 0 Å². The number of ether oxygens (including phenoxy) is 3. The molecule has 118 valence electrons. The van der Waals surface area contributed by atoms with Gasteiger partial charge < -0.3 is 19.5 Å². The first-order valence-corrected chi connectivity index (χ1v) is 7.72. The lowest BCUT2D eigenvalue weighted by Gasteiger charge is -2.43. The zero-order chi connectivity index (χ0) is 15.1. The van der Waals surface area contributed by atoms with Crippen LogP contribution in [-0.2, 0) is 9.47 Å². The molecule has 0 saturated carbocycles. The highest BCUT2D eigenvalue weighted by molar-refractivity contribution is 5.28. The van der Waals surface area contributed by atoms with E-state index in [9.17, 15) is 0 Å². The van der Waals surface area contributed by atoms with E-state index < -0.39 is 0 Å². The van der Waals surface area contributed by atoms with Crippen molar-refractivity contribution in [2.45, 2.75) is 38.3 Å². The second kappa shape index (κ2) is 7.73. The number of nitrogens with zero attached hydrogens (tertiary/aromatic N) is 1. The second-order valence-electron chi connectivity index (χ2n) is 5.22. The molecule has 2 heterocycles. The van der Waals surface area contributed by atoms with Crippen LogP contribution in [-0.4, -0.2) is 44.1 Å². The SMILES string of the molecule is CCOc1cncc(C(NC)C2(OCC)CCOCC2)c1. The molecule has 1 unspecified atom stereocenters. The molecule has 1 aromatic heterocycles. The van der Waals surface area contributed by atoms with Gasteiger partial charge in [-0.1, -0.05) is 0 Å². The summed E-state index contributed by atoms with van der Waals surface area (Å²) in [5, 5.41) is 3.41. The first-order chi connectivity index (χ1) is 10.3. The Morgan fingerprint density at radius 3 is 2.67 bits per heavy atom. The van der Waals surface area contributed by atoms with E-state index >= 15 is 0 Å². The third-order valence-corrected chi connectivity index (χ3v) is 3.96. The maximum atomic E-state index is 6.17. The Morgan fingerprint density at radius 2 is 2.05 bits per heavy atom. The number of rotatable bonds is 7. The minimum atomic E-state index is -0.242. The molecule has 1 atom stereocenters. The molecule has 0 radical (unpaired) electrons. The first-order valence-electron chi connectivity index (χ1n) is 7.72. The molecule has 0 spiro atoms. The van der Waals surface area contributed by atoms with Gasteiger partial charge in [-0.05, 0) is 32.5 Å². The number of hydrogen-bond acceptors (Lipinski definition) is 5. The number of aromatic nitrogens is 1. The minimum absolute atomic E-state index is 0.0780. The Bertz CT molecular complexity index is 428. The predicted octanol–water partition coefficient (Wildman–Crippen LogP) is 2.33. The summed E-state index contributed by atoms with van der Waals surface area (Å²) in [7, 11) is 1.97. The van der Waals surface area contributed by atoms with Gasteiger partial charge >= 0.3 is 0 Å².